The molecule has 3 N–H and O–H groups in total. The molecular weight excluding hydrogens is 540 g/mol. The summed E-state index contributed by atoms with van der Waals surface area (Å²) in [4.78, 5) is 0. The molecule has 1 unspecified atom stereocenters. The summed E-state index contributed by atoms with van der Waals surface area (Å²) >= 11 is 12.1. The van der Waals surface area contributed by atoms with Gasteiger partial charge in [0, 0.05) is 11.1 Å². The first kappa shape index (κ1) is 25.6. The minimum atomic E-state index is -1.63. The highest BCUT2D eigenvalue weighted by molar-refractivity contribution is 6.42. The van der Waals surface area contributed by atoms with E-state index in [0.717, 1.165) is 16.8 Å². The number of halogens is 5. The van der Waals surface area contributed by atoms with Gasteiger partial charge in [0.25, 0.3) is 0 Å². The van der Waals surface area contributed by atoms with Crippen LogP contribution in [0, 0.1) is 17.5 Å². The second kappa shape index (κ2) is 10.0. The van der Waals surface area contributed by atoms with E-state index < -0.39 is 54.6 Å². The number of aliphatic hydroxyl groups excluding tert-OH is 3. The van der Waals surface area contributed by atoms with Crippen molar-refractivity contribution in [2.24, 2.45) is 0 Å². The number of nitrogens with zero attached hydrogens (tertiary/aromatic N) is 6. The van der Waals surface area contributed by atoms with Crippen molar-refractivity contribution in [3.8, 4) is 22.5 Å². The van der Waals surface area contributed by atoms with Gasteiger partial charge in [0.2, 0.25) is 0 Å². The average molecular weight is 557 g/mol. The molecule has 10 nitrogen and oxygen atoms in total. The number of aromatic nitrogens is 6. The van der Waals surface area contributed by atoms with Gasteiger partial charge in [-0.25, -0.2) is 22.5 Å². The van der Waals surface area contributed by atoms with Crippen LogP contribution in [0.3, 0.4) is 0 Å². The predicted molar refractivity (Wildman–Crippen MR) is 123 cm³/mol. The van der Waals surface area contributed by atoms with E-state index in [4.69, 9.17) is 27.9 Å². The van der Waals surface area contributed by atoms with Gasteiger partial charge in [-0.05, 0) is 24.3 Å². The molecule has 194 valence electrons. The number of rotatable bonds is 5. The molecule has 2 aromatic heterocycles. The highest BCUT2D eigenvalue weighted by Gasteiger charge is 2.47. The van der Waals surface area contributed by atoms with Crippen molar-refractivity contribution in [3.05, 3.63) is 70.2 Å². The quantitative estimate of drug-likeness (QED) is 0.320. The minimum absolute atomic E-state index is 0.0574. The first-order chi connectivity index (χ1) is 17.7. The van der Waals surface area contributed by atoms with Crippen molar-refractivity contribution < 1.29 is 33.2 Å². The lowest BCUT2D eigenvalue weighted by Gasteiger charge is -2.42. The Morgan fingerprint density at radius 2 is 1.68 bits per heavy atom. The molecule has 2 aromatic carbocycles. The van der Waals surface area contributed by atoms with Gasteiger partial charge < -0.3 is 20.1 Å². The average Bonchev–Trinajstić information content (AvgIpc) is 3.55. The summed E-state index contributed by atoms with van der Waals surface area (Å²) in [6.07, 6.45) is -2.87. The van der Waals surface area contributed by atoms with E-state index in [-0.39, 0.29) is 16.3 Å². The maximum atomic E-state index is 13.7. The summed E-state index contributed by atoms with van der Waals surface area (Å²) in [5.41, 5.74) is 0.748. The Hall–Kier alpha value is -3.07. The Morgan fingerprint density at radius 3 is 2.35 bits per heavy atom. The summed E-state index contributed by atoms with van der Waals surface area (Å²) in [6, 6.07) is 5.01. The Labute approximate surface area is 216 Å². The Balaban J connectivity index is 1.52. The van der Waals surface area contributed by atoms with Crippen LogP contribution in [0.25, 0.3) is 22.5 Å². The van der Waals surface area contributed by atoms with Gasteiger partial charge in [0.15, 0.2) is 23.7 Å². The molecule has 5 atom stereocenters. The standard InChI is InChI=1S/C22H17Cl2F3N6O4/c23-11-2-1-9(3-12(11)24)16-6-28-30-33(16)22-21(36)19(20(35)17(8-34)37-22)32-7-15(29-31-32)10-4-13(25)18(27)14(26)5-10/h1-7,17,19-22,34-36H,8H2/t17-,19+,20+,21-,22?/m1/s1. The van der Waals surface area contributed by atoms with E-state index in [1.165, 1.54) is 17.1 Å². The van der Waals surface area contributed by atoms with Gasteiger partial charge in [-0.15, -0.1) is 10.2 Å². The number of hydrogen-bond donors (Lipinski definition) is 3. The molecule has 1 aliphatic heterocycles. The monoisotopic (exact) mass is 556 g/mol. The molecule has 1 aliphatic rings. The summed E-state index contributed by atoms with van der Waals surface area (Å²) in [5.74, 6) is -4.47. The summed E-state index contributed by atoms with van der Waals surface area (Å²) in [6.45, 7) is -0.631. The Kier molecular flexibility index (Phi) is 6.91. The van der Waals surface area contributed by atoms with Gasteiger partial charge in [0.05, 0.1) is 34.7 Å². The van der Waals surface area contributed by atoms with Gasteiger partial charge in [-0.1, -0.05) is 39.7 Å². The molecule has 0 spiro atoms. The molecular formula is C22H17Cl2F3N6O4. The topological polar surface area (TPSA) is 131 Å². The third-order valence-corrected chi connectivity index (χ3v) is 6.73. The summed E-state index contributed by atoms with van der Waals surface area (Å²) in [7, 11) is 0. The molecule has 3 heterocycles. The van der Waals surface area contributed by atoms with Gasteiger partial charge in [-0.2, -0.15) is 0 Å². The van der Waals surface area contributed by atoms with Crippen molar-refractivity contribution in [1.29, 1.82) is 0 Å². The fourth-order valence-electron chi connectivity index (χ4n) is 4.15. The van der Waals surface area contributed by atoms with Crippen LogP contribution < -0.4 is 0 Å². The molecule has 0 aliphatic carbocycles. The Bertz CT molecular complexity index is 1430. The molecule has 4 aromatic rings. The molecule has 1 saturated heterocycles. The number of benzene rings is 2. The number of ether oxygens (including phenoxy) is 1. The molecule has 0 amide bonds. The molecule has 0 bridgehead atoms. The second-order valence-corrected chi connectivity index (χ2v) is 9.06. The minimum Gasteiger partial charge on any atom is -0.394 e. The van der Waals surface area contributed by atoms with Crippen LogP contribution in [0.4, 0.5) is 13.2 Å². The van der Waals surface area contributed by atoms with E-state index in [2.05, 4.69) is 20.6 Å². The zero-order valence-corrected chi connectivity index (χ0v) is 20.0. The largest absolute Gasteiger partial charge is 0.394 e. The first-order valence-electron chi connectivity index (χ1n) is 10.7. The highest BCUT2D eigenvalue weighted by atomic mass is 35.5. The fraction of sp³-hybridized carbons (Fsp3) is 0.273. The maximum absolute atomic E-state index is 13.7. The fourth-order valence-corrected chi connectivity index (χ4v) is 4.45. The van der Waals surface area contributed by atoms with Crippen LogP contribution in [0.15, 0.2) is 42.7 Å². The van der Waals surface area contributed by atoms with Crippen LogP contribution in [0.2, 0.25) is 10.0 Å². The van der Waals surface area contributed by atoms with Crippen molar-refractivity contribution >= 4 is 23.2 Å². The van der Waals surface area contributed by atoms with E-state index in [1.807, 2.05) is 0 Å². The number of aliphatic hydroxyl groups is 3. The lowest BCUT2D eigenvalue weighted by molar-refractivity contribution is -0.233. The maximum Gasteiger partial charge on any atom is 0.194 e. The van der Waals surface area contributed by atoms with Gasteiger partial charge in [0.1, 0.15) is 30.0 Å². The normalized spacial score (nSPS) is 23.9. The molecule has 15 heteroatoms. The summed E-state index contributed by atoms with van der Waals surface area (Å²) in [5, 5.41) is 48.1. The summed E-state index contributed by atoms with van der Waals surface area (Å²) < 4.78 is 48.9. The van der Waals surface area contributed by atoms with Gasteiger partial charge in [-0.3, -0.25) is 0 Å². The van der Waals surface area contributed by atoms with Crippen molar-refractivity contribution in [3.63, 3.8) is 0 Å². The Morgan fingerprint density at radius 1 is 0.946 bits per heavy atom. The van der Waals surface area contributed by atoms with E-state index in [9.17, 15) is 28.5 Å². The van der Waals surface area contributed by atoms with E-state index in [1.54, 1.807) is 18.2 Å². The lowest BCUT2D eigenvalue weighted by atomic mass is 9.95. The second-order valence-electron chi connectivity index (χ2n) is 8.25. The zero-order valence-electron chi connectivity index (χ0n) is 18.5. The van der Waals surface area contributed by atoms with E-state index >= 15 is 0 Å². The van der Waals surface area contributed by atoms with Gasteiger partial charge >= 0.3 is 0 Å². The smallest absolute Gasteiger partial charge is 0.194 e. The van der Waals surface area contributed by atoms with Crippen molar-refractivity contribution in [2.45, 2.75) is 30.6 Å². The molecule has 0 saturated carbocycles. The third-order valence-electron chi connectivity index (χ3n) is 5.99. The van der Waals surface area contributed by atoms with Crippen LogP contribution in [-0.2, 0) is 4.74 Å². The van der Waals surface area contributed by atoms with Crippen LogP contribution in [0.5, 0.6) is 0 Å². The van der Waals surface area contributed by atoms with Crippen LogP contribution in [0.1, 0.15) is 12.3 Å². The SMILES string of the molecule is OC[C@H]1OC(n2nncc2-c2ccc(Cl)c(Cl)c2)[C@H](O)[C@@H](n2cc(-c3cc(F)c(F)c(F)c3)nn2)[C@H]1O. The molecule has 1 fully saturated rings. The first-order valence-corrected chi connectivity index (χ1v) is 11.5. The van der Waals surface area contributed by atoms with E-state index in [0.29, 0.717) is 16.3 Å². The van der Waals surface area contributed by atoms with Crippen LogP contribution >= 0.6 is 23.2 Å². The lowest BCUT2D eigenvalue weighted by Crippen LogP contribution is -2.54. The number of hydrogen-bond acceptors (Lipinski definition) is 8. The van der Waals surface area contributed by atoms with Crippen molar-refractivity contribution in [2.75, 3.05) is 6.61 Å². The zero-order chi connectivity index (χ0) is 26.4. The molecule has 0 radical (unpaired) electrons. The van der Waals surface area contributed by atoms with Crippen LogP contribution in [-0.4, -0.2) is 70.2 Å². The molecule has 37 heavy (non-hydrogen) atoms. The highest BCUT2D eigenvalue weighted by Crippen LogP contribution is 2.38. The molecule has 5 rings (SSSR count). The van der Waals surface area contributed by atoms with Crippen molar-refractivity contribution in [1.82, 2.24) is 30.0 Å². The predicted octanol–water partition coefficient (Wildman–Crippen LogP) is 2.78. The third kappa shape index (κ3) is 4.58.